The van der Waals surface area contributed by atoms with E-state index < -0.39 is 0 Å². The van der Waals surface area contributed by atoms with Gasteiger partial charge in [-0.15, -0.1) is 0 Å². The van der Waals surface area contributed by atoms with E-state index in [0.717, 1.165) is 29.9 Å². The molecule has 0 aromatic heterocycles. The summed E-state index contributed by atoms with van der Waals surface area (Å²) in [6.45, 7) is 0.535. The van der Waals surface area contributed by atoms with Crippen LogP contribution in [-0.2, 0) is 9.59 Å². The second-order valence-electron chi connectivity index (χ2n) is 8.39. The molecule has 2 aromatic rings. The predicted molar refractivity (Wildman–Crippen MR) is 121 cm³/mol. The number of hydrogen-bond acceptors (Lipinski definition) is 5. The molecule has 7 nitrogen and oxygen atoms in total. The van der Waals surface area contributed by atoms with E-state index in [1.165, 1.54) is 12.8 Å². The molecule has 1 saturated carbocycles. The number of methoxy groups -OCH3 is 2. The quantitative estimate of drug-likeness (QED) is 0.675. The molecule has 1 aliphatic heterocycles. The molecular weight excluding hydrogens is 408 g/mol. The van der Waals surface area contributed by atoms with Crippen molar-refractivity contribution in [1.29, 1.82) is 0 Å². The van der Waals surface area contributed by atoms with Crippen molar-refractivity contribution >= 4 is 17.5 Å². The zero-order chi connectivity index (χ0) is 22.5. The van der Waals surface area contributed by atoms with Crippen molar-refractivity contribution in [2.75, 3.05) is 32.6 Å². The van der Waals surface area contributed by atoms with Gasteiger partial charge in [-0.25, -0.2) is 0 Å². The molecule has 2 fully saturated rings. The lowest BCUT2D eigenvalue weighted by molar-refractivity contribution is -0.131. The smallest absolute Gasteiger partial charge is 0.243 e. The normalized spacial score (nSPS) is 18.6. The van der Waals surface area contributed by atoms with Crippen LogP contribution in [-0.4, -0.2) is 50.1 Å². The van der Waals surface area contributed by atoms with E-state index in [1.807, 2.05) is 18.2 Å². The maximum Gasteiger partial charge on any atom is 0.243 e. The molecule has 2 aliphatic rings. The first-order chi connectivity index (χ1) is 15.6. The Balaban J connectivity index is 1.38. The SMILES string of the molecule is COc1ccc(NC(=O)CN2CC(c3ccc(OC)c(OC4CCCC4)c3)CC2=O)cc1. The summed E-state index contributed by atoms with van der Waals surface area (Å²) in [4.78, 5) is 26.7. The van der Waals surface area contributed by atoms with E-state index in [0.29, 0.717) is 24.4 Å². The van der Waals surface area contributed by atoms with Gasteiger partial charge in [-0.2, -0.15) is 0 Å². The average Bonchev–Trinajstić information content (AvgIpc) is 3.44. The standard InChI is InChI=1S/C25H30N2O5/c1-30-20-10-8-19(9-11-20)26-24(28)16-27-15-18(14-25(27)29)17-7-12-22(31-2)23(13-17)32-21-5-3-4-6-21/h7-13,18,21H,3-6,14-16H2,1-2H3,(H,26,28). The molecule has 0 spiro atoms. The van der Waals surface area contributed by atoms with Crippen LogP contribution in [0, 0.1) is 0 Å². The molecule has 4 rings (SSSR count). The highest BCUT2D eigenvalue weighted by Crippen LogP contribution is 2.37. The highest BCUT2D eigenvalue weighted by Gasteiger charge is 2.32. The van der Waals surface area contributed by atoms with Gasteiger partial charge in [0.25, 0.3) is 0 Å². The molecule has 1 unspecified atom stereocenters. The number of nitrogens with one attached hydrogen (secondary N) is 1. The minimum Gasteiger partial charge on any atom is -0.497 e. The van der Waals surface area contributed by atoms with Crippen LogP contribution in [0.1, 0.15) is 43.6 Å². The van der Waals surface area contributed by atoms with Crippen molar-refractivity contribution in [3.63, 3.8) is 0 Å². The summed E-state index contributed by atoms with van der Waals surface area (Å²) in [5.74, 6) is 1.95. The zero-order valence-corrected chi connectivity index (χ0v) is 18.6. The van der Waals surface area contributed by atoms with E-state index in [1.54, 1.807) is 43.4 Å². The number of likely N-dealkylation sites (tertiary alicyclic amines) is 1. The van der Waals surface area contributed by atoms with Crippen LogP contribution in [0.4, 0.5) is 5.69 Å². The lowest BCUT2D eigenvalue weighted by atomic mass is 9.98. The zero-order valence-electron chi connectivity index (χ0n) is 18.6. The van der Waals surface area contributed by atoms with Crippen molar-refractivity contribution in [2.24, 2.45) is 0 Å². The van der Waals surface area contributed by atoms with E-state index in [9.17, 15) is 9.59 Å². The number of carbonyl (C=O) groups is 2. The van der Waals surface area contributed by atoms with E-state index in [4.69, 9.17) is 14.2 Å². The van der Waals surface area contributed by atoms with Gasteiger partial charge in [0.1, 0.15) is 5.75 Å². The highest BCUT2D eigenvalue weighted by atomic mass is 16.5. The molecule has 1 atom stereocenters. The third-order valence-electron chi connectivity index (χ3n) is 6.18. The summed E-state index contributed by atoms with van der Waals surface area (Å²) in [6.07, 6.45) is 5.11. The van der Waals surface area contributed by atoms with Crippen molar-refractivity contribution in [3.05, 3.63) is 48.0 Å². The molecule has 1 heterocycles. The van der Waals surface area contributed by atoms with Crippen molar-refractivity contribution in [2.45, 2.75) is 44.1 Å². The van der Waals surface area contributed by atoms with Gasteiger partial charge in [0, 0.05) is 24.6 Å². The Hall–Kier alpha value is -3.22. The van der Waals surface area contributed by atoms with Gasteiger partial charge in [-0.3, -0.25) is 9.59 Å². The second kappa shape index (κ2) is 9.94. The van der Waals surface area contributed by atoms with Crippen molar-refractivity contribution in [1.82, 2.24) is 4.90 Å². The fourth-order valence-electron chi connectivity index (χ4n) is 4.42. The van der Waals surface area contributed by atoms with Gasteiger partial charge in [0.05, 0.1) is 26.9 Å². The predicted octanol–water partition coefficient (Wildman–Crippen LogP) is 3.98. The molecule has 32 heavy (non-hydrogen) atoms. The minimum atomic E-state index is -0.218. The summed E-state index contributed by atoms with van der Waals surface area (Å²) >= 11 is 0. The molecule has 0 radical (unpaired) electrons. The van der Waals surface area contributed by atoms with Crippen LogP contribution in [0.2, 0.25) is 0 Å². The molecule has 2 amide bonds. The van der Waals surface area contributed by atoms with Gasteiger partial charge in [-0.1, -0.05) is 6.07 Å². The van der Waals surface area contributed by atoms with Crippen LogP contribution in [0.3, 0.4) is 0 Å². The van der Waals surface area contributed by atoms with Gasteiger partial charge in [0.15, 0.2) is 11.5 Å². The largest absolute Gasteiger partial charge is 0.497 e. The Morgan fingerprint density at radius 2 is 1.78 bits per heavy atom. The van der Waals surface area contributed by atoms with E-state index in [-0.39, 0.29) is 30.4 Å². The molecule has 1 aliphatic carbocycles. The fraction of sp³-hybridized carbons (Fsp3) is 0.440. The third-order valence-corrected chi connectivity index (χ3v) is 6.18. The Morgan fingerprint density at radius 1 is 1.03 bits per heavy atom. The Bertz CT molecular complexity index is 953. The molecule has 2 aromatic carbocycles. The van der Waals surface area contributed by atoms with Crippen LogP contribution >= 0.6 is 0 Å². The maximum absolute atomic E-state index is 12.6. The number of ether oxygens (including phenoxy) is 3. The minimum absolute atomic E-state index is 0.0195. The van der Waals surface area contributed by atoms with Crippen LogP contribution in [0.25, 0.3) is 0 Å². The number of carbonyl (C=O) groups excluding carboxylic acids is 2. The average molecular weight is 439 g/mol. The van der Waals surface area contributed by atoms with Crippen molar-refractivity contribution in [3.8, 4) is 17.2 Å². The molecule has 1 N–H and O–H groups in total. The van der Waals surface area contributed by atoms with Crippen LogP contribution in [0.5, 0.6) is 17.2 Å². The first-order valence-corrected chi connectivity index (χ1v) is 11.1. The maximum atomic E-state index is 12.6. The number of benzene rings is 2. The molecule has 170 valence electrons. The monoisotopic (exact) mass is 438 g/mol. The van der Waals surface area contributed by atoms with Gasteiger partial charge < -0.3 is 24.4 Å². The van der Waals surface area contributed by atoms with Gasteiger partial charge >= 0.3 is 0 Å². The number of anilines is 1. The van der Waals surface area contributed by atoms with E-state index >= 15 is 0 Å². The van der Waals surface area contributed by atoms with E-state index in [2.05, 4.69) is 5.32 Å². The Morgan fingerprint density at radius 3 is 2.47 bits per heavy atom. The molecule has 7 heteroatoms. The van der Waals surface area contributed by atoms with Gasteiger partial charge in [-0.05, 0) is 67.6 Å². The number of amides is 2. The van der Waals surface area contributed by atoms with Crippen LogP contribution < -0.4 is 19.5 Å². The molecule has 0 bridgehead atoms. The number of hydrogen-bond donors (Lipinski definition) is 1. The molecular formula is C25H30N2O5. The number of rotatable bonds is 8. The van der Waals surface area contributed by atoms with Crippen molar-refractivity contribution < 1.29 is 23.8 Å². The fourth-order valence-corrected chi connectivity index (χ4v) is 4.42. The Labute approximate surface area is 188 Å². The van der Waals surface area contributed by atoms with Gasteiger partial charge in [0.2, 0.25) is 11.8 Å². The second-order valence-corrected chi connectivity index (χ2v) is 8.39. The summed E-state index contributed by atoms with van der Waals surface area (Å²) in [5, 5.41) is 2.83. The lowest BCUT2D eigenvalue weighted by Crippen LogP contribution is -2.34. The third kappa shape index (κ3) is 5.15. The summed E-state index contributed by atoms with van der Waals surface area (Å²) in [6, 6.07) is 13.0. The Kier molecular flexibility index (Phi) is 6.83. The molecule has 1 saturated heterocycles. The summed E-state index contributed by atoms with van der Waals surface area (Å²) < 4.78 is 16.8. The highest BCUT2D eigenvalue weighted by molar-refractivity contribution is 5.95. The summed E-state index contributed by atoms with van der Waals surface area (Å²) in [5.41, 5.74) is 1.70. The summed E-state index contributed by atoms with van der Waals surface area (Å²) in [7, 11) is 3.23. The topological polar surface area (TPSA) is 77.1 Å². The van der Waals surface area contributed by atoms with Crippen LogP contribution in [0.15, 0.2) is 42.5 Å². The lowest BCUT2D eigenvalue weighted by Gasteiger charge is -2.19. The first-order valence-electron chi connectivity index (χ1n) is 11.1. The first kappa shape index (κ1) is 22.0. The number of nitrogens with zero attached hydrogens (tertiary/aromatic N) is 1.